The summed E-state index contributed by atoms with van der Waals surface area (Å²) in [6.07, 6.45) is -0.106. The van der Waals surface area contributed by atoms with Crippen LogP contribution < -0.4 is 5.73 Å². The van der Waals surface area contributed by atoms with Crippen LogP contribution in [0.25, 0.3) is 0 Å². The third kappa shape index (κ3) is 4.74. The van der Waals surface area contributed by atoms with Crippen molar-refractivity contribution < 1.29 is 13.9 Å². The molecule has 0 aromatic heterocycles. The number of halogens is 2. The highest BCUT2D eigenvalue weighted by molar-refractivity contribution is 5.85. The van der Waals surface area contributed by atoms with Gasteiger partial charge in [-0.15, -0.1) is 12.4 Å². The van der Waals surface area contributed by atoms with Crippen LogP contribution in [0.15, 0.2) is 24.3 Å². The second kappa shape index (κ2) is 8.89. The molecule has 0 fully saturated rings. The molecule has 1 rings (SSSR count). The lowest BCUT2D eigenvalue weighted by molar-refractivity contribution is -0.134. The number of methoxy groups -OCH3 is 1. The van der Waals surface area contributed by atoms with Gasteiger partial charge in [-0.05, 0) is 13.0 Å². The lowest BCUT2D eigenvalue weighted by Crippen LogP contribution is -2.35. The molecule has 0 aliphatic heterocycles. The maximum atomic E-state index is 13.7. The molecule has 1 aromatic rings. The predicted octanol–water partition coefficient (Wildman–Crippen LogP) is 2.13. The van der Waals surface area contributed by atoms with Gasteiger partial charge in [0.25, 0.3) is 0 Å². The van der Waals surface area contributed by atoms with Crippen molar-refractivity contribution in [3.63, 3.8) is 0 Å². The zero-order valence-corrected chi connectivity index (χ0v) is 12.8. The lowest BCUT2D eigenvalue weighted by atomic mass is 10.1. The molecule has 2 unspecified atom stereocenters. The average Bonchev–Trinajstić information content (AvgIpc) is 2.43. The number of nitrogens with two attached hydrogens (primary N) is 1. The molecule has 0 spiro atoms. The van der Waals surface area contributed by atoms with Gasteiger partial charge in [0.15, 0.2) is 0 Å². The van der Waals surface area contributed by atoms with E-state index in [9.17, 15) is 9.18 Å². The van der Waals surface area contributed by atoms with Gasteiger partial charge in [-0.2, -0.15) is 0 Å². The van der Waals surface area contributed by atoms with Crippen LogP contribution in [-0.4, -0.2) is 37.6 Å². The fraction of sp³-hybridized carbons (Fsp3) is 0.500. The normalized spacial score (nSPS) is 13.2. The van der Waals surface area contributed by atoms with Crippen LogP contribution in [0.4, 0.5) is 4.39 Å². The molecule has 1 amide bonds. The second-order valence-electron chi connectivity index (χ2n) is 4.50. The van der Waals surface area contributed by atoms with E-state index in [1.54, 1.807) is 32.2 Å². The summed E-state index contributed by atoms with van der Waals surface area (Å²) < 4.78 is 18.8. The van der Waals surface area contributed by atoms with Crippen molar-refractivity contribution in [3.8, 4) is 0 Å². The number of carbonyl (C=O) groups is 1. The summed E-state index contributed by atoms with van der Waals surface area (Å²) in [5.74, 6) is -0.426. The first kappa shape index (κ1) is 18.8. The molecule has 0 aliphatic carbocycles. The third-order valence-corrected chi connectivity index (χ3v) is 3.33. The van der Waals surface area contributed by atoms with Gasteiger partial charge in [0.1, 0.15) is 5.82 Å². The minimum Gasteiger partial charge on any atom is -0.380 e. The van der Waals surface area contributed by atoms with Gasteiger partial charge >= 0.3 is 0 Å². The molecule has 2 N–H and O–H groups in total. The van der Waals surface area contributed by atoms with Crippen LogP contribution in [0.5, 0.6) is 0 Å². The first-order chi connectivity index (χ1) is 9.01. The molecule has 0 bridgehead atoms. The molecule has 6 heteroatoms. The van der Waals surface area contributed by atoms with Gasteiger partial charge in [0.05, 0.1) is 18.6 Å². The monoisotopic (exact) mass is 304 g/mol. The van der Waals surface area contributed by atoms with Gasteiger partial charge in [-0.25, -0.2) is 4.39 Å². The summed E-state index contributed by atoms with van der Waals surface area (Å²) in [5.41, 5.74) is 5.99. The van der Waals surface area contributed by atoms with Crippen LogP contribution in [0.1, 0.15) is 24.9 Å². The Morgan fingerprint density at radius 2 is 2.05 bits per heavy atom. The summed E-state index contributed by atoms with van der Waals surface area (Å²) in [4.78, 5) is 13.6. The summed E-state index contributed by atoms with van der Waals surface area (Å²) in [7, 11) is 3.17. The molecule has 0 heterocycles. The molecule has 0 saturated carbocycles. The van der Waals surface area contributed by atoms with Crippen molar-refractivity contribution in [2.75, 3.05) is 20.7 Å². The molecular weight excluding hydrogens is 283 g/mol. The van der Waals surface area contributed by atoms with Crippen LogP contribution in [0.2, 0.25) is 0 Å². The van der Waals surface area contributed by atoms with E-state index in [1.807, 2.05) is 0 Å². The fourth-order valence-corrected chi connectivity index (χ4v) is 1.84. The van der Waals surface area contributed by atoms with Crippen molar-refractivity contribution in [3.05, 3.63) is 35.6 Å². The Labute approximate surface area is 125 Å². The van der Waals surface area contributed by atoms with Crippen LogP contribution in [0.3, 0.4) is 0 Å². The Hall–Kier alpha value is -1.17. The standard InChI is InChI=1S/C14H21FN2O2.ClH/c1-10(12-6-4-5-7-13(12)15)17(2)14(18)8-11(9-16)19-3;/h4-7,10-11H,8-9,16H2,1-3H3;1H. The van der Waals surface area contributed by atoms with Crippen molar-refractivity contribution >= 4 is 18.3 Å². The van der Waals surface area contributed by atoms with Crippen molar-refractivity contribution in [2.24, 2.45) is 5.73 Å². The topological polar surface area (TPSA) is 55.6 Å². The van der Waals surface area contributed by atoms with E-state index in [1.165, 1.54) is 18.1 Å². The molecule has 2 atom stereocenters. The van der Waals surface area contributed by atoms with Crippen LogP contribution in [-0.2, 0) is 9.53 Å². The first-order valence-electron chi connectivity index (χ1n) is 6.24. The van der Waals surface area contributed by atoms with Gasteiger partial charge in [-0.1, -0.05) is 18.2 Å². The third-order valence-electron chi connectivity index (χ3n) is 3.33. The van der Waals surface area contributed by atoms with Crippen LogP contribution >= 0.6 is 12.4 Å². The summed E-state index contributed by atoms with van der Waals surface area (Å²) in [6.45, 7) is 2.07. The summed E-state index contributed by atoms with van der Waals surface area (Å²) >= 11 is 0. The molecule has 0 aliphatic rings. The smallest absolute Gasteiger partial charge is 0.225 e. The molecule has 114 valence electrons. The van der Waals surface area contributed by atoms with E-state index in [0.717, 1.165) is 0 Å². The van der Waals surface area contributed by atoms with E-state index in [0.29, 0.717) is 5.56 Å². The molecule has 0 saturated heterocycles. The Morgan fingerprint density at radius 1 is 1.45 bits per heavy atom. The minimum absolute atomic E-state index is 0. The maximum Gasteiger partial charge on any atom is 0.225 e. The number of hydrogen-bond donors (Lipinski definition) is 1. The Bertz CT molecular complexity index is 427. The predicted molar refractivity (Wildman–Crippen MR) is 79.3 cm³/mol. The first-order valence-corrected chi connectivity index (χ1v) is 6.24. The van der Waals surface area contributed by atoms with Crippen molar-refractivity contribution in [1.29, 1.82) is 0 Å². The van der Waals surface area contributed by atoms with E-state index in [-0.39, 0.29) is 49.2 Å². The summed E-state index contributed by atoms with van der Waals surface area (Å²) in [5, 5.41) is 0. The number of rotatable bonds is 6. The molecule has 0 radical (unpaired) electrons. The quantitative estimate of drug-likeness (QED) is 0.876. The highest BCUT2D eigenvalue weighted by Crippen LogP contribution is 2.22. The molecule has 4 nitrogen and oxygen atoms in total. The van der Waals surface area contributed by atoms with E-state index in [2.05, 4.69) is 0 Å². The van der Waals surface area contributed by atoms with Crippen LogP contribution in [0, 0.1) is 5.82 Å². The number of hydrogen-bond acceptors (Lipinski definition) is 3. The van der Waals surface area contributed by atoms with E-state index >= 15 is 0 Å². The van der Waals surface area contributed by atoms with Crippen molar-refractivity contribution in [2.45, 2.75) is 25.5 Å². The zero-order valence-electron chi connectivity index (χ0n) is 12.0. The van der Waals surface area contributed by atoms with Crippen molar-refractivity contribution in [1.82, 2.24) is 4.90 Å². The number of ether oxygens (including phenoxy) is 1. The largest absolute Gasteiger partial charge is 0.380 e. The van der Waals surface area contributed by atoms with Gasteiger partial charge in [0, 0.05) is 26.3 Å². The molecule has 1 aromatic carbocycles. The maximum absolute atomic E-state index is 13.7. The Morgan fingerprint density at radius 3 is 2.55 bits per heavy atom. The highest BCUT2D eigenvalue weighted by Gasteiger charge is 2.22. The van der Waals surface area contributed by atoms with E-state index in [4.69, 9.17) is 10.5 Å². The lowest BCUT2D eigenvalue weighted by Gasteiger charge is -2.27. The Kier molecular flexibility index (Phi) is 8.37. The van der Waals surface area contributed by atoms with Gasteiger partial charge in [-0.3, -0.25) is 4.79 Å². The molecular formula is C14H22ClFN2O2. The Balaban J connectivity index is 0.00000361. The highest BCUT2D eigenvalue weighted by atomic mass is 35.5. The molecule has 20 heavy (non-hydrogen) atoms. The number of amides is 1. The summed E-state index contributed by atoms with van der Waals surface area (Å²) in [6, 6.07) is 6.13. The zero-order chi connectivity index (χ0) is 14.4. The van der Waals surface area contributed by atoms with Gasteiger partial charge in [0.2, 0.25) is 5.91 Å². The second-order valence-corrected chi connectivity index (χ2v) is 4.50. The van der Waals surface area contributed by atoms with E-state index < -0.39 is 0 Å². The number of benzene rings is 1. The SMILES string of the molecule is COC(CN)CC(=O)N(C)C(C)c1ccccc1F.Cl. The number of carbonyl (C=O) groups excluding carboxylic acids is 1. The fourth-order valence-electron chi connectivity index (χ4n) is 1.84. The minimum atomic E-state index is -0.330. The number of nitrogens with zero attached hydrogens (tertiary/aromatic N) is 1. The van der Waals surface area contributed by atoms with Gasteiger partial charge < -0.3 is 15.4 Å². The average molecular weight is 305 g/mol.